The van der Waals surface area contributed by atoms with E-state index in [9.17, 15) is 9.59 Å². The molecule has 5 heterocycles. The number of pyridine rings is 1. The Labute approximate surface area is 199 Å². The predicted octanol–water partition coefficient (Wildman–Crippen LogP) is 4.20. The van der Waals surface area contributed by atoms with E-state index in [0.29, 0.717) is 49.8 Å². The molecule has 9 nitrogen and oxygen atoms in total. The predicted molar refractivity (Wildman–Crippen MR) is 125 cm³/mol. The first-order valence-electron chi connectivity index (χ1n) is 11.0. The minimum Gasteiger partial charge on any atom is -0.439 e. The Morgan fingerprint density at radius 2 is 2.00 bits per heavy atom. The van der Waals surface area contributed by atoms with Crippen molar-refractivity contribution in [1.29, 1.82) is 0 Å². The van der Waals surface area contributed by atoms with Crippen molar-refractivity contribution in [3.8, 4) is 11.6 Å². The Morgan fingerprint density at radius 1 is 1.15 bits per heavy atom. The van der Waals surface area contributed by atoms with Crippen molar-refractivity contribution in [2.45, 2.75) is 36.7 Å². The molecule has 3 aliphatic rings. The van der Waals surface area contributed by atoms with E-state index in [1.807, 2.05) is 37.3 Å². The molecule has 0 saturated carbocycles. The number of aryl methyl sites for hydroxylation is 1. The lowest BCUT2D eigenvalue weighted by molar-refractivity contribution is -0.110. The molecule has 1 amide bonds. The molecule has 0 aliphatic carbocycles. The number of piperidine rings is 1. The summed E-state index contributed by atoms with van der Waals surface area (Å²) in [6, 6.07) is 9.45. The van der Waals surface area contributed by atoms with E-state index < -0.39 is 11.7 Å². The summed E-state index contributed by atoms with van der Waals surface area (Å²) in [5.74, 6) is 2.39. The Bertz CT molecular complexity index is 1320. The van der Waals surface area contributed by atoms with Gasteiger partial charge in [0.05, 0.1) is 0 Å². The van der Waals surface area contributed by atoms with Crippen LogP contribution in [0.1, 0.15) is 29.5 Å². The van der Waals surface area contributed by atoms with E-state index in [1.54, 1.807) is 6.20 Å². The van der Waals surface area contributed by atoms with Gasteiger partial charge in [-0.05, 0) is 42.3 Å². The van der Waals surface area contributed by atoms with Gasteiger partial charge in [-0.1, -0.05) is 11.8 Å². The number of rotatable bonds is 3. The number of carbonyl (C=O) groups excluding carboxylic acids is 2. The summed E-state index contributed by atoms with van der Waals surface area (Å²) >= 11 is 1.26. The van der Waals surface area contributed by atoms with Gasteiger partial charge >= 0.3 is 6.09 Å². The number of thioether (sulfide) groups is 1. The molecule has 1 fully saturated rings. The lowest BCUT2D eigenvalue weighted by Crippen LogP contribution is -2.48. The van der Waals surface area contributed by atoms with Gasteiger partial charge in [0.2, 0.25) is 5.88 Å². The minimum atomic E-state index is -0.689. The summed E-state index contributed by atoms with van der Waals surface area (Å²) in [6.07, 6.45) is 4.38. The topological polar surface area (TPSA) is 107 Å². The largest absolute Gasteiger partial charge is 0.439 e. The number of ether oxygens (including phenoxy) is 2. The zero-order valence-electron chi connectivity index (χ0n) is 18.4. The van der Waals surface area contributed by atoms with Gasteiger partial charge in [0.25, 0.3) is 0 Å². The van der Waals surface area contributed by atoms with Gasteiger partial charge < -0.3 is 14.4 Å². The number of nitrogens with zero attached hydrogens (tertiary/aromatic N) is 4. The van der Waals surface area contributed by atoms with Crippen LogP contribution in [-0.2, 0) is 21.6 Å². The first kappa shape index (κ1) is 20.9. The van der Waals surface area contributed by atoms with Crippen LogP contribution in [0.25, 0.3) is 0 Å². The Morgan fingerprint density at radius 3 is 2.85 bits per heavy atom. The number of anilines is 2. The third-order valence-electron chi connectivity index (χ3n) is 6.50. The second kappa shape index (κ2) is 7.98. The van der Waals surface area contributed by atoms with Crippen molar-refractivity contribution < 1.29 is 19.1 Å². The molecule has 3 aromatic rings. The van der Waals surface area contributed by atoms with E-state index in [-0.39, 0.29) is 5.12 Å². The van der Waals surface area contributed by atoms with Crippen molar-refractivity contribution in [3.05, 3.63) is 59.5 Å². The average molecular weight is 476 g/mol. The van der Waals surface area contributed by atoms with Crippen LogP contribution >= 0.6 is 11.8 Å². The van der Waals surface area contributed by atoms with Crippen LogP contribution < -0.4 is 15.0 Å². The average Bonchev–Trinajstić information content (AvgIpc) is 3.20. The molecule has 1 N–H and O–H groups in total. The molecule has 10 heteroatoms. The quantitative estimate of drug-likeness (QED) is 0.596. The van der Waals surface area contributed by atoms with E-state index in [1.165, 1.54) is 18.1 Å². The summed E-state index contributed by atoms with van der Waals surface area (Å²) < 4.78 is 11.8. The number of amides is 1. The Hall–Kier alpha value is -3.66. The molecule has 1 spiro atoms. The van der Waals surface area contributed by atoms with Crippen molar-refractivity contribution in [2.24, 2.45) is 0 Å². The fraction of sp³-hybridized carbons (Fsp3) is 0.292. The molecule has 6 rings (SSSR count). The first-order chi connectivity index (χ1) is 16.5. The van der Waals surface area contributed by atoms with Crippen molar-refractivity contribution in [3.63, 3.8) is 0 Å². The zero-order valence-corrected chi connectivity index (χ0v) is 19.2. The van der Waals surface area contributed by atoms with E-state index >= 15 is 0 Å². The molecule has 3 aliphatic heterocycles. The summed E-state index contributed by atoms with van der Waals surface area (Å²) in [5.41, 5.74) is 2.33. The second-order valence-electron chi connectivity index (χ2n) is 8.58. The monoisotopic (exact) mass is 475 g/mol. The molecular weight excluding hydrogens is 454 g/mol. The number of nitrogens with one attached hydrogen (secondary N) is 1. The van der Waals surface area contributed by atoms with Crippen LogP contribution in [0.2, 0.25) is 0 Å². The summed E-state index contributed by atoms with van der Waals surface area (Å²) in [6.45, 7) is 3.28. The number of carbonyl (C=O) groups is 2. The highest BCUT2D eigenvalue weighted by Gasteiger charge is 2.45. The standard InChI is InChI=1S/C24H21N5O4S/c1-14-9-15(10-18-16(14)11-21(30)34-18)32-20-12-19(26-13-27-20)29-7-4-24(5-8-29)17-3-2-6-25-22(17)28-23(31)33-24/h2-3,6,9-10,12-13H,4-5,7-8,11H2,1H3,(H,25,28,31). The number of aromatic nitrogens is 3. The van der Waals surface area contributed by atoms with Crippen LogP contribution in [0.4, 0.5) is 16.4 Å². The van der Waals surface area contributed by atoms with Crippen molar-refractivity contribution in [1.82, 2.24) is 15.0 Å². The molecule has 0 bridgehead atoms. The normalized spacial score (nSPS) is 18.2. The first-order valence-corrected chi connectivity index (χ1v) is 11.9. The molecule has 0 atom stereocenters. The molecule has 0 unspecified atom stereocenters. The van der Waals surface area contributed by atoms with Gasteiger partial charge in [-0.15, -0.1) is 0 Å². The molecule has 1 aromatic carbocycles. The maximum Gasteiger partial charge on any atom is 0.413 e. The van der Waals surface area contributed by atoms with E-state index in [2.05, 4.69) is 25.2 Å². The van der Waals surface area contributed by atoms with Crippen LogP contribution in [0.3, 0.4) is 0 Å². The Kier molecular flexibility index (Phi) is 4.91. The third-order valence-corrected chi connectivity index (χ3v) is 7.46. The SMILES string of the molecule is Cc1cc(Oc2cc(N3CCC4(CC3)OC(=O)Nc3ncccc34)ncn2)cc2c1CC(=O)S2. The maximum atomic E-state index is 12.1. The number of hydrogen-bond donors (Lipinski definition) is 1. The highest BCUT2D eigenvalue weighted by molar-refractivity contribution is 8.14. The maximum absolute atomic E-state index is 12.1. The summed E-state index contributed by atoms with van der Waals surface area (Å²) in [7, 11) is 0. The molecular formula is C24H21N5O4S. The fourth-order valence-electron chi connectivity index (χ4n) is 4.81. The fourth-order valence-corrected chi connectivity index (χ4v) is 5.80. The number of benzene rings is 1. The number of fused-ring (bicyclic) bond motifs is 3. The highest BCUT2D eigenvalue weighted by Crippen LogP contribution is 2.43. The molecule has 2 aromatic heterocycles. The van der Waals surface area contributed by atoms with Crippen molar-refractivity contribution in [2.75, 3.05) is 23.3 Å². The van der Waals surface area contributed by atoms with Crippen LogP contribution in [0, 0.1) is 6.92 Å². The third kappa shape index (κ3) is 3.63. The van der Waals surface area contributed by atoms with Crippen molar-refractivity contribution >= 4 is 34.6 Å². The van der Waals surface area contributed by atoms with Crippen LogP contribution in [0.5, 0.6) is 11.6 Å². The van der Waals surface area contributed by atoms with E-state index in [0.717, 1.165) is 27.4 Å². The highest BCUT2D eigenvalue weighted by atomic mass is 32.2. The molecule has 34 heavy (non-hydrogen) atoms. The zero-order chi connectivity index (χ0) is 23.3. The van der Waals surface area contributed by atoms with Gasteiger partial charge in [-0.25, -0.2) is 19.7 Å². The van der Waals surface area contributed by atoms with Gasteiger partial charge in [-0.3, -0.25) is 10.1 Å². The second-order valence-corrected chi connectivity index (χ2v) is 9.68. The molecule has 0 radical (unpaired) electrons. The van der Waals surface area contributed by atoms with Crippen LogP contribution in [-0.4, -0.2) is 39.2 Å². The van der Waals surface area contributed by atoms with Gasteiger partial charge in [0, 0.05) is 55.1 Å². The molecule has 172 valence electrons. The number of hydrogen-bond acceptors (Lipinski definition) is 9. The van der Waals surface area contributed by atoms with Gasteiger partial charge in [0.15, 0.2) is 5.12 Å². The summed E-state index contributed by atoms with van der Waals surface area (Å²) in [5, 5.41) is 2.84. The summed E-state index contributed by atoms with van der Waals surface area (Å²) in [4.78, 5) is 40.0. The van der Waals surface area contributed by atoms with Gasteiger partial charge in [0.1, 0.15) is 29.3 Å². The Balaban J connectivity index is 1.20. The lowest BCUT2D eigenvalue weighted by Gasteiger charge is -2.44. The minimum absolute atomic E-state index is 0.153. The van der Waals surface area contributed by atoms with Crippen LogP contribution in [0.15, 0.2) is 47.8 Å². The van der Waals surface area contributed by atoms with E-state index in [4.69, 9.17) is 9.47 Å². The van der Waals surface area contributed by atoms with Gasteiger partial charge in [-0.2, -0.15) is 0 Å². The smallest absolute Gasteiger partial charge is 0.413 e. The molecule has 1 saturated heterocycles. The lowest BCUT2D eigenvalue weighted by atomic mass is 9.83.